The molecule has 1 atom stereocenters. The van der Waals surface area contributed by atoms with Gasteiger partial charge in [-0.25, -0.2) is 4.79 Å². The maximum absolute atomic E-state index is 13.0. The van der Waals surface area contributed by atoms with Gasteiger partial charge in [-0.2, -0.15) is 0 Å². The number of hydrogen-bond donors (Lipinski definition) is 1. The molecule has 30 heavy (non-hydrogen) atoms. The van der Waals surface area contributed by atoms with E-state index in [2.05, 4.69) is 58.0 Å². The third-order valence-corrected chi connectivity index (χ3v) is 7.12. The van der Waals surface area contributed by atoms with E-state index in [1.165, 1.54) is 22.9 Å². The van der Waals surface area contributed by atoms with E-state index in [0.717, 1.165) is 16.9 Å². The minimum atomic E-state index is -0.686. The second kappa shape index (κ2) is 9.30. The number of cyclic esters (lactones) is 1. The SMILES string of the molecule is Cc1ccc(C(C)C)c(SC2=C(O)CC(CCc3ccccc3)(C(C)C)OC2=O)c1. The Morgan fingerprint density at radius 3 is 2.40 bits per heavy atom. The molecule has 2 aromatic carbocycles. The van der Waals surface area contributed by atoms with Crippen molar-refractivity contribution in [3.63, 3.8) is 0 Å². The molecule has 0 amide bonds. The third kappa shape index (κ3) is 4.92. The molecule has 0 aliphatic carbocycles. The molecule has 3 nitrogen and oxygen atoms in total. The number of hydrogen-bond acceptors (Lipinski definition) is 4. The van der Waals surface area contributed by atoms with E-state index < -0.39 is 11.6 Å². The van der Waals surface area contributed by atoms with Gasteiger partial charge in [0.15, 0.2) is 0 Å². The van der Waals surface area contributed by atoms with Crippen LogP contribution in [0.4, 0.5) is 0 Å². The van der Waals surface area contributed by atoms with Crippen LogP contribution >= 0.6 is 11.8 Å². The first-order valence-electron chi connectivity index (χ1n) is 10.7. The van der Waals surface area contributed by atoms with Crippen LogP contribution in [-0.2, 0) is 16.0 Å². The van der Waals surface area contributed by atoms with Crippen LogP contribution in [0.25, 0.3) is 0 Å². The quantitative estimate of drug-likeness (QED) is 0.488. The molecule has 0 bridgehead atoms. The van der Waals surface area contributed by atoms with Gasteiger partial charge in [0.1, 0.15) is 16.3 Å². The number of benzene rings is 2. The number of thioether (sulfide) groups is 1. The van der Waals surface area contributed by atoms with Crippen molar-refractivity contribution < 1.29 is 14.6 Å². The summed E-state index contributed by atoms with van der Waals surface area (Å²) in [6.07, 6.45) is 1.84. The van der Waals surface area contributed by atoms with E-state index in [4.69, 9.17) is 4.74 Å². The Kier molecular flexibility index (Phi) is 6.97. The molecule has 1 aliphatic heterocycles. The molecule has 4 heteroatoms. The number of aliphatic hydroxyl groups excluding tert-OH is 1. The Labute approximate surface area is 184 Å². The zero-order chi connectivity index (χ0) is 21.9. The molecule has 0 saturated heterocycles. The Hall–Kier alpha value is -2.20. The fourth-order valence-corrected chi connectivity index (χ4v) is 5.12. The molecular formula is C26H32O3S. The number of aryl methyl sites for hydroxylation is 2. The van der Waals surface area contributed by atoms with Crippen LogP contribution in [0.1, 0.15) is 63.1 Å². The molecular weight excluding hydrogens is 392 g/mol. The van der Waals surface area contributed by atoms with E-state index in [-0.39, 0.29) is 11.7 Å². The molecule has 0 fully saturated rings. The number of ether oxygens (including phenoxy) is 1. The number of carbonyl (C=O) groups is 1. The Balaban J connectivity index is 1.86. The van der Waals surface area contributed by atoms with Crippen molar-refractivity contribution in [1.29, 1.82) is 0 Å². The largest absolute Gasteiger partial charge is 0.511 e. The predicted molar refractivity (Wildman–Crippen MR) is 124 cm³/mol. The van der Waals surface area contributed by atoms with Gasteiger partial charge in [0, 0.05) is 11.3 Å². The third-order valence-electron chi connectivity index (χ3n) is 5.95. The average molecular weight is 425 g/mol. The van der Waals surface area contributed by atoms with Crippen molar-refractivity contribution >= 4 is 17.7 Å². The Bertz CT molecular complexity index is 931. The van der Waals surface area contributed by atoms with Gasteiger partial charge >= 0.3 is 5.97 Å². The van der Waals surface area contributed by atoms with Gasteiger partial charge < -0.3 is 9.84 Å². The van der Waals surface area contributed by atoms with Crippen LogP contribution in [-0.4, -0.2) is 16.7 Å². The van der Waals surface area contributed by atoms with Gasteiger partial charge in [-0.05, 0) is 54.4 Å². The highest BCUT2D eigenvalue weighted by Gasteiger charge is 2.44. The summed E-state index contributed by atoms with van der Waals surface area (Å²) < 4.78 is 6.07. The monoisotopic (exact) mass is 424 g/mol. The van der Waals surface area contributed by atoms with E-state index in [1.807, 2.05) is 25.1 Å². The lowest BCUT2D eigenvalue weighted by molar-refractivity contribution is -0.164. The second-order valence-electron chi connectivity index (χ2n) is 8.85. The highest BCUT2D eigenvalue weighted by Crippen LogP contribution is 2.44. The van der Waals surface area contributed by atoms with Crippen molar-refractivity contribution in [2.45, 2.75) is 70.3 Å². The number of aliphatic hydroxyl groups is 1. The number of esters is 1. The van der Waals surface area contributed by atoms with Gasteiger partial charge in [-0.3, -0.25) is 0 Å². The molecule has 1 N–H and O–H groups in total. The molecule has 3 rings (SSSR count). The van der Waals surface area contributed by atoms with E-state index in [1.54, 1.807) is 0 Å². The maximum Gasteiger partial charge on any atom is 0.349 e. The molecule has 1 heterocycles. The lowest BCUT2D eigenvalue weighted by Crippen LogP contribution is -2.44. The molecule has 1 aliphatic rings. The minimum absolute atomic E-state index is 0.101. The zero-order valence-corrected chi connectivity index (χ0v) is 19.4. The lowest BCUT2D eigenvalue weighted by atomic mass is 9.80. The van der Waals surface area contributed by atoms with Crippen LogP contribution in [0.5, 0.6) is 0 Å². The topological polar surface area (TPSA) is 46.5 Å². The van der Waals surface area contributed by atoms with Gasteiger partial charge in [0.25, 0.3) is 0 Å². The highest BCUT2D eigenvalue weighted by atomic mass is 32.2. The number of rotatable bonds is 7. The first-order valence-corrected chi connectivity index (χ1v) is 11.5. The summed E-state index contributed by atoms with van der Waals surface area (Å²) >= 11 is 1.33. The second-order valence-corrected chi connectivity index (χ2v) is 9.90. The van der Waals surface area contributed by atoms with Crippen LogP contribution in [0.3, 0.4) is 0 Å². The minimum Gasteiger partial charge on any atom is -0.511 e. The smallest absolute Gasteiger partial charge is 0.349 e. The van der Waals surface area contributed by atoms with Crippen molar-refractivity contribution in [3.05, 3.63) is 75.9 Å². The first kappa shape index (κ1) is 22.5. The summed E-state index contributed by atoms with van der Waals surface area (Å²) in [5, 5.41) is 10.9. The highest BCUT2D eigenvalue weighted by molar-refractivity contribution is 8.04. The van der Waals surface area contributed by atoms with E-state index in [0.29, 0.717) is 23.7 Å². The molecule has 0 radical (unpaired) electrons. The maximum atomic E-state index is 13.0. The summed E-state index contributed by atoms with van der Waals surface area (Å²) in [6, 6.07) is 16.5. The van der Waals surface area contributed by atoms with Gasteiger partial charge in [-0.1, -0.05) is 81.9 Å². The fourth-order valence-electron chi connectivity index (χ4n) is 3.92. The van der Waals surface area contributed by atoms with Crippen LogP contribution < -0.4 is 0 Å². The summed E-state index contributed by atoms with van der Waals surface area (Å²) in [7, 11) is 0. The van der Waals surface area contributed by atoms with E-state index >= 15 is 0 Å². The molecule has 160 valence electrons. The molecule has 1 unspecified atom stereocenters. The summed E-state index contributed by atoms with van der Waals surface area (Å²) in [4.78, 5) is 14.4. The standard InChI is InChI=1S/C26H32O3S/c1-17(2)21-12-11-19(5)15-23(21)30-24-22(27)16-26(18(3)4,29-25(24)28)14-13-20-9-7-6-8-10-20/h6-12,15,17-18,27H,13-14,16H2,1-5H3. The van der Waals surface area contributed by atoms with Crippen molar-refractivity contribution in [1.82, 2.24) is 0 Å². The first-order chi connectivity index (χ1) is 14.2. The summed E-state index contributed by atoms with van der Waals surface area (Å²) in [5.74, 6) is 0.163. The normalized spacial score (nSPS) is 19.5. The molecule has 2 aromatic rings. The zero-order valence-electron chi connectivity index (χ0n) is 18.6. The van der Waals surface area contributed by atoms with Crippen LogP contribution in [0.2, 0.25) is 0 Å². The van der Waals surface area contributed by atoms with Crippen LogP contribution in [0.15, 0.2) is 64.1 Å². The van der Waals surface area contributed by atoms with Crippen molar-refractivity contribution in [3.8, 4) is 0 Å². The van der Waals surface area contributed by atoms with Gasteiger partial charge in [-0.15, -0.1) is 0 Å². The fraction of sp³-hybridized carbons (Fsp3) is 0.423. The molecule has 0 spiro atoms. The van der Waals surface area contributed by atoms with Crippen LogP contribution in [0, 0.1) is 12.8 Å². The number of carbonyl (C=O) groups excluding carboxylic acids is 1. The predicted octanol–water partition coefficient (Wildman–Crippen LogP) is 6.95. The van der Waals surface area contributed by atoms with Crippen molar-refractivity contribution in [2.75, 3.05) is 0 Å². The van der Waals surface area contributed by atoms with E-state index in [9.17, 15) is 9.90 Å². The molecule has 0 aromatic heterocycles. The molecule has 0 saturated carbocycles. The van der Waals surface area contributed by atoms with Crippen molar-refractivity contribution in [2.24, 2.45) is 5.92 Å². The Morgan fingerprint density at radius 1 is 1.10 bits per heavy atom. The summed E-state index contributed by atoms with van der Waals surface area (Å²) in [6.45, 7) is 10.4. The lowest BCUT2D eigenvalue weighted by Gasteiger charge is -2.40. The van der Waals surface area contributed by atoms with Gasteiger partial charge in [0.2, 0.25) is 0 Å². The Morgan fingerprint density at radius 2 is 1.80 bits per heavy atom. The average Bonchev–Trinajstić information content (AvgIpc) is 2.69. The van der Waals surface area contributed by atoms with Gasteiger partial charge in [0.05, 0.1) is 0 Å². The summed E-state index contributed by atoms with van der Waals surface area (Å²) in [5.41, 5.74) is 2.82.